The molecule has 0 amide bonds. The molecule has 6 heteroatoms. The minimum Gasteiger partial charge on any atom is -0.456 e. The Hall–Kier alpha value is -15.0. The lowest BCUT2D eigenvalue weighted by Gasteiger charge is -2.16. The zero-order valence-corrected chi connectivity index (χ0v) is 61.7. The predicted octanol–water partition coefficient (Wildman–Crippen LogP) is 29.6. The first-order valence-corrected chi connectivity index (χ1v) is 39.6. The Morgan fingerprint density at radius 3 is 1.14 bits per heavy atom. The van der Waals surface area contributed by atoms with Crippen molar-refractivity contribution in [3.63, 3.8) is 0 Å². The van der Waals surface area contributed by atoms with Gasteiger partial charge in [-0.15, -0.1) is 0 Å². The number of nitrogens with zero attached hydrogens (tertiary/aromatic N) is 4. The maximum Gasteiger partial charge on any atom is 0.159 e. The summed E-state index contributed by atoms with van der Waals surface area (Å²) in [5.41, 5.74) is 25.7. The van der Waals surface area contributed by atoms with Crippen molar-refractivity contribution in [1.82, 2.24) is 18.3 Å². The normalized spacial score (nSPS) is 12.8. The van der Waals surface area contributed by atoms with Crippen molar-refractivity contribution in [3.8, 4) is 56.1 Å². The van der Waals surface area contributed by atoms with E-state index in [9.17, 15) is 0 Å². The fraction of sp³-hybridized carbons (Fsp3) is 0.0185. The van der Waals surface area contributed by atoms with Crippen LogP contribution in [0.5, 0.6) is 0 Å². The number of aromatic nitrogens is 4. The van der Waals surface area contributed by atoms with Crippen LogP contribution in [-0.4, -0.2) is 18.3 Å². The molecule has 0 bridgehead atoms. The van der Waals surface area contributed by atoms with Crippen LogP contribution in [0.25, 0.3) is 247 Å². The number of hydrogen-bond donors (Lipinski definition) is 0. The minimum atomic E-state index is 0.873. The molecule has 6 heterocycles. The maximum absolute atomic E-state index is 6.70. The molecule has 0 radical (unpaired) electrons. The fourth-order valence-corrected chi connectivity index (χ4v) is 20.2. The summed E-state index contributed by atoms with van der Waals surface area (Å²) in [5.74, 6) is 0. The van der Waals surface area contributed by atoms with E-state index in [1.54, 1.807) is 0 Å². The van der Waals surface area contributed by atoms with Gasteiger partial charge in [-0.05, 0) is 244 Å². The van der Waals surface area contributed by atoms with E-state index in [0.717, 1.165) is 124 Å². The largest absolute Gasteiger partial charge is 0.456 e. The average Bonchev–Trinajstić information content (AvgIpc) is 1.41. The van der Waals surface area contributed by atoms with Crippen LogP contribution in [0, 0.1) is 0 Å². The van der Waals surface area contributed by atoms with Gasteiger partial charge < -0.3 is 27.1 Å². The van der Waals surface area contributed by atoms with Gasteiger partial charge in [-0.25, -0.2) is 0 Å². The molecule has 26 rings (SSSR count). The van der Waals surface area contributed by atoms with Gasteiger partial charge >= 0.3 is 0 Å². The van der Waals surface area contributed by atoms with Gasteiger partial charge in [0.25, 0.3) is 0 Å². The monoisotopic (exact) mass is 1450 g/mol. The number of aryl methyl sites for hydroxylation is 1. The molecule has 6 aromatic heterocycles. The highest BCUT2D eigenvalue weighted by molar-refractivity contribution is 6.28. The summed E-state index contributed by atoms with van der Waals surface area (Å²) in [5, 5.41) is 28.0. The Morgan fingerprint density at radius 2 is 0.553 bits per heavy atom. The van der Waals surface area contributed by atoms with Gasteiger partial charge in [-0.3, -0.25) is 0 Å². The summed E-state index contributed by atoms with van der Waals surface area (Å²) >= 11 is 0. The van der Waals surface area contributed by atoms with E-state index in [1.165, 1.54) is 141 Å². The van der Waals surface area contributed by atoms with E-state index >= 15 is 0 Å². The van der Waals surface area contributed by atoms with Crippen LogP contribution in [0.1, 0.15) is 17.7 Å². The summed E-state index contributed by atoms with van der Waals surface area (Å²) in [6, 6.07) is 131. The number of benzene rings is 19. The van der Waals surface area contributed by atoms with Gasteiger partial charge in [0, 0.05) is 82.0 Å². The second-order valence-corrected chi connectivity index (χ2v) is 31.2. The number of hydrogen-bond acceptors (Lipinski definition) is 2. The highest BCUT2D eigenvalue weighted by atomic mass is 16.3. The highest BCUT2D eigenvalue weighted by Gasteiger charge is 2.26. The minimum absolute atomic E-state index is 0.873. The third-order valence-corrected chi connectivity index (χ3v) is 25.4. The lowest BCUT2D eigenvalue weighted by molar-refractivity contribution is 0.666. The molecule has 0 atom stereocenters. The van der Waals surface area contributed by atoms with Crippen LogP contribution in [0.2, 0.25) is 0 Å². The molecular weight excluding hydrogens is 1390 g/mol. The summed E-state index contributed by atoms with van der Waals surface area (Å²) in [6.45, 7) is 0. The first-order chi connectivity index (χ1) is 56.5. The number of rotatable bonds is 7. The Kier molecular flexibility index (Phi) is 12.6. The lowest BCUT2D eigenvalue weighted by atomic mass is 9.91. The van der Waals surface area contributed by atoms with E-state index in [4.69, 9.17) is 8.83 Å². The van der Waals surface area contributed by atoms with Crippen molar-refractivity contribution in [1.29, 1.82) is 0 Å². The highest BCUT2D eigenvalue weighted by Crippen LogP contribution is 2.48. The van der Waals surface area contributed by atoms with Gasteiger partial charge in [-0.2, -0.15) is 0 Å². The fourth-order valence-electron chi connectivity index (χ4n) is 20.2. The third kappa shape index (κ3) is 8.73. The van der Waals surface area contributed by atoms with E-state index in [0.29, 0.717) is 0 Å². The van der Waals surface area contributed by atoms with Crippen LogP contribution in [-0.2, 0) is 6.42 Å². The van der Waals surface area contributed by atoms with Crippen LogP contribution in [0.4, 0.5) is 0 Å². The standard InChI is InChI=1S/C108H64N4O2/c1-2-20-74-72(18-1)73-19-3-4-21-75(73)91-60-69(42-49-79(74)91)109-96-30-12-8-25-82(96)93-55-64(40-51-99(93)109)67-39-48-86-85-47-38-66(57-102(85)111(103(86)58-67)71-44-53-107-95(62-71)88-28-11-15-34-105(88)113-107)63-36-45-78-80-50-43-70(61-92(80)77-23-6-5-22-76(77)90(78)54-63)110-97-31-13-9-26-83(97)94-56-65(41-52-100(94)110)68-37-46-84-81-24-7-14-32-98(81)112(104(84)59-68)101-33-17-29-89-87-27-10-16-35-106(87)114-108(89)101/h1-8,10-25,27-62H,9,26H2. The number of para-hydroxylation sites is 5. The van der Waals surface area contributed by atoms with E-state index in [2.05, 4.69) is 376 Å². The van der Waals surface area contributed by atoms with E-state index < -0.39 is 0 Å². The van der Waals surface area contributed by atoms with Gasteiger partial charge in [0.05, 0.1) is 44.3 Å². The number of furan rings is 2. The van der Waals surface area contributed by atoms with E-state index in [1.807, 2.05) is 6.07 Å². The van der Waals surface area contributed by atoms with Crippen LogP contribution >= 0.6 is 0 Å². The molecule has 0 fully saturated rings. The molecule has 1 aliphatic rings. The summed E-state index contributed by atoms with van der Waals surface area (Å²) in [6.07, 6.45) is 6.68. The lowest BCUT2D eigenvalue weighted by Crippen LogP contribution is -2.00. The second-order valence-electron chi connectivity index (χ2n) is 31.2. The Morgan fingerprint density at radius 1 is 0.202 bits per heavy atom. The molecule has 1 aliphatic carbocycles. The van der Waals surface area contributed by atoms with Crippen LogP contribution < -0.4 is 0 Å². The quantitative estimate of drug-likeness (QED) is 0.149. The summed E-state index contributed by atoms with van der Waals surface area (Å²) in [4.78, 5) is 0. The van der Waals surface area contributed by atoms with Crippen LogP contribution in [0.15, 0.2) is 367 Å². The molecule has 0 spiro atoms. The first-order valence-electron chi connectivity index (χ1n) is 39.6. The molecule has 0 aliphatic heterocycles. The van der Waals surface area contributed by atoms with Gasteiger partial charge in [0.1, 0.15) is 16.7 Å². The van der Waals surface area contributed by atoms with Crippen molar-refractivity contribution in [2.45, 2.75) is 12.8 Å². The van der Waals surface area contributed by atoms with Crippen molar-refractivity contribution >= 4 is 191 Å². The first kappa shape index (κ1) is 61.9. The molecule has 0 saturated carbocycles. The second kappa shape index (κ2) is 23.3. The number of fused-ring (bicyclic) bond motifs is 30. The molecule has 0 saturated heterocycles. The van der Waals surface area contributed by atoms with E-state index in [-0.39, 0.29) is 0 Å². The molecule has 114 heavy (non-hydrogen) atoms. The SMILES string of the molecule is C1=Cc2c(c3cc(-c4ccc5c6ccccc6n(-c6cccc7c6oc6ccccc67)c5c4)ccc3n2-c2ccc3c4ccc(-c5ccc6c7ccc(-c8ccc9c(c8)c8ccccc8n9-c8ccc9c%10ccccc%10c%10ccccc%10c9c8)cc7n(-c7ccc8oc9ccccc9c8c7)c6c5)cc4c4ccccc4c3c2)CC1. The predicted molar refractivity (Wildman–Crippen MR) is 480 cm³/mol. The van der Waals surface area contributed by atoms with Gasteiger partial charge in [0.15, 0.2) is 5.58 Å². The summed E-state index contributed by atoms with van der Waals surface area (Å²) in [7, 11) is 0. The Bertz CT molecular complexity index is 8580. The Balaban J connectivity index is 0.591. The van der Waals surface area contributed by atoms with Crippen molar-refractivity contribution in [2.75, 3.05) is 0 Å². The van der Waals surface area contributed by atoms with Crippen LogP contribution in [0.3, 0.4) is 0 Å². The van der Waals surface area contributed by atoms with Crippen molar-refractivity contribution in [2.24, 2.45) is 0 Å². The molecule has 25 aromatic rings. The third-order valence-electron chi connectivity index (χ3n) is 25.4. The zero-order chi connectivity index (χ0) is 74.1. The number of allylic oxidation sites excluding steroid dienone is 1. The smallest absolute Gasteiger partial charge is 0.159 e. The average molecular weight is 1450 g/mol. The maximum atomic E-state index is 6.70. The summed E-state index contributed by atoms with van der Waals surface area (Å²) < 4.78 is 23.1. The molecule has 0 unspecified atom stereocenters. The molecule has 528 valence electrons. The Labute approximate surface area is 651 Å². The van der Waals surface area contributed by atoms with Gasteiger partial charge in [0.2, 0.25) is 0 Å². The van der Waals surface area contributed by atoms with Crippen molar-refractivity contribution in [3.05, 3.63) is 369 Å². The molecule has 0 N–H and O–H groups in total. The molecule has 19 aromatic carbocycles. The molecule has 6 nitrogen and oxygen atoms in total. The zero-order valence-electron chi connectivity index (χ0n) is 61.7. The molecular formula is C108H64N4O2. The van der Waals surface area contributed by atoms with Gasteiger partial charge in [-0.1, -0.05) is 237 Å². The van der Waals surface area contributed by atoms with Crippen molar-refractivity contribution < 1.29 is 8.83 Å². The topological polar surface area (TPSA) is 46.0 Å².